The fourth-order valence-electron chi connectivity index (χ4n) is 1.60. The molecule has 0 fully saturated rings. The molecule has 5 heteroatoms. The minimum absolute atomic E-state index is 0.291. The summed E-state index contributed by atoms with van der Waals surface area (Å²) < 4.78 is 0. The van der Waals surface area contributed by atoms with Crippen LogP contribution in [0.2, 0.25) is 0 Å². The standard InChI is InChI=1S/C13H18N2O3/c1-9(7-8-14)12(16)15-11(13(17)18)10-5-3-2-4-6-10/h2-6,9,11H,7-8,14H2,1H3,(H,15,16)(H,17,18). The number of aliphatic carboxylic acids is 1. The fourth-order valence-corrected chi connectivity index (χ4v) is 1.60. The summed E-state index contributed by atoms with van der Waals surface area (Å²) in [6.07, 6.45) is 0.535. The quantitative estimate of drug-likeness (QED) is 0.699. The van der Waals surface area contributed by atoms with E-state index >= 15 is 0 Å². The molecule has 0 spiro atoms. The number of rotatable bonds is 6. The molecule has 0 bridgehead atoms. The molecule has 0 radical (unpaired) electrons. The van der Waals surface area contributed by atoms with E-state index in [-0.39, 0.29) is 11.8 Å². The molecule has 18 heavy (non-hydrogen) atoms. The van der Waals surface area contributed by atoms with Crippen LogP contribution in [0.3, 0.4) is 0 Å². The van der Waals surface area contributed by atoms with E-state index in [1.807, 2.05) is 0 Å². The number of hydrogen-bond donors (Lipinski definition) is 3. The molecular weight excluding hydrogens is 232 g/mol. The highest BCUT2D eigenvalue weighted by Gasteiger charge is 2.23. The van der Waals surface area contributed by atoms with Crippen molar-refractivity contribution in [2.75, 3.05) is 6.54 Å². The Balaban J connectivity index is 2.76. The molecule has 0 saturated carbocycles. The summed E-state index contributed by atoms with van der Waals surface area (Å²) in [6, 6.07) is 7.60. The maximum atomic E-state index is 11.8. The lowest BCUT2D eigenvalue weighted by Gasteiger charge is -2.17. The number of amides is 1. The summed E-state index contributed by atoms with van der Waals surface area (Å²) in [5, 5.41) is 11.7. The molecule has 1 aromatic carbocycles. The van der Waals surface area contributed by atoms with Gasteiger partial charge in [-0.2, -0.15) is 0 Å². The molecule has 0 aliphatic rings. The smallest absolute Gasteiger partial charge is 0.330 e. The van der Waals surface area contributed by atoms with E-state index in [1.54, 1.807) is 37.3 Å². The number of hydrogen-bond acceptors (Lipinski definition) is 3. The van der Waals surface area contributed by atoms with Gasteiger partial charge in [-0.15, -0.1) is 0 Å². The number of carboxylic acid groups (broad SMARTS) is 1. The molecule has 0 aromatic heterocycles. The van der Waals surface area contributed by atoms with Crippen molar-refractivity contribution in [3.8, 4) is 0 Å². The largest absolute Gasteiger partial charge is 0.479 e. The summed E-state index contributed by atoms with van der Waals surface area (Å²) in [5.41, 5.74) is 5.93. The van der Waals surface area contributed by atoms with E-state index in [2.05, 4.69) is 5.32 Å². The Kier molecular flexibility index (Phi) is 5.32. The highest BCUT2D eigenvalue weighted by molar-refractivity contribution is 5.85. The van der Waals surface area contributed by atoms with Gasteiger partial charge in [0.15, 0.2) is 6.04 Å². The topological polar surface area (TPSA) is 92.4 Å². The van der Waals surface area contributed by atoms with Gasteiger partial charge in [-0.25, -0.2) is 4.79 Å². The first-order valence-electron chi connectivity index (χ1n) is 5.84. The number of nitrogens with one attached hydrogen (secondary N) is 1. The molecule has 0 heterocycles. The van der Waals surface area contributed by atoms with Gasteiger partial charge in [0.25, 0.3) is 0 Å². The Hall–Kier alpha value is -1.88. The van der Waals surface area contributed by atoms with Crippen LogP contribution < -0.4 is 11.1 Å². The minimum atomic E-state index is -1.07. The molecule has 2 atom stereocenters. The normalized spacial score (nSPS) is 13.7. The Bertz CT molecular complexity index is 406. The van der Waals surface area contributed by atoms with E-state index in [0.29, 0.717) is 18.5 Å². The van der Waals surface area contributed by atoms with Crippen molar-refractivity contribution in [1.29, 1.82) is 0 Å². The molecular formula is C13H18N2O3. The van der Waals surface area contributed by atoms with E-state index in [0.717, 1.165) is 0 Å². The molecule has 98 valence electrons. The monoisotopic (exact) mass is 250 g/mol. The summed E-state index contributed by atoms with van der Waals surface area (Å²) in [7, 11) is 0. The molecule has 1 rings (SSSR count). The van der Waals surface area contributed by atoms with Crippen LogP contribution in [0.15, 0.2) is 30.3 Å². The number of carbonyl (C=O) groups excluding carboxylic acids is 1. The van der Waals surface area contributed by atoms with Crippen molar-refractivity contribution in [3.05, 3.63) is 35.9 Å². The SMILES string of the molecule is CC(CCN)C(=O)NC(C(=O)O)c1ccccc1. The summed E-state index contributed by atoms with van der Waals surface area (Å²) in [4.78, 5) is 23.0. The minimum Gasteiger partial charge on any atom is -0.479 e. The lowest BCUT2D eigenvalue weighted by molar-refractivity contribution is -0.142. The molecule has 0 aliphatic heterocycles. The third kappa shape index (κ3) is 3.85. The summed E-state index contributed by atoms with van der Waals surface area (Å²) in [6.45, 7) is 2.13. The van der Waals surface area contributed by atoms with E-state index < -0.39 is 12.0 Å². The van der Waals surface area contributed by atoms with Crippen molar-refractivity contribution >= 4 is 11.9 Å². The van der Waals surface area contributed by atoms with Gasteiger partial charge in [0.2, 0.25) is 5.91 Å². The highest BCUT2D eigenvalue weighted by atomic mass is 16.4. The van der Waals surface area contributed by atoms with Gasteiger partial charge in [-0.3, -0.25) is 4.79 Å². The zero-order chi connectivity index (χ0) is 13.5. The van der Waals surface area contributed by atoms with E-state index in [4.69, 9.17) is 10.8 Å². The van der Waals surface area contributed by atoms with Crippen molar-refractivity contribution in [2.45, 2.75) is 19.4 Å². The Morgan fingerprint density at radius 2 is 1.94 bits per heavy atom. The van der Waals surface area contributed by atoms with Crippen molar-refractivity contribution in [3.63, 3.8) is 0 Å². The van der Waals surface area contributed by atoms with Crippen LogP contribution in [0.25, 0.3) is 0 Å². The zero-order valence-corrected chi connectivity index (χ0v) is 10.3. The van der Waals surface area contributed by atoms with Crippen LogP contribution in [0.4, 0.5) is 0 Å². The first kappa shape index (κ1) is 14.2. The molecule has 1 aromatic rings. The van der Waals surface area contributed by atoms with Crippen LogP contribution in [0.5, 0.6) is 0 Å². The van der Waals surface area contributed by atoms with E-state index in [1.165, 1.54) is 0 Å². The molecule has 4 N–H and O–H groups in total. The van der Waals surface area contributed by atoms with Crippen LogP contribution >= 0.6 is 0 Å². The zero-order valence-electron chi connectivity index (χ0n) is 10.3. The maximum Gasteiger partial charge on any atom is 0.330 e. The van der Waals surface area contributed by atoms with Crippen LogP contribution in [-0.4, -0.2) is 23.5 Å². The third-order valence-electron chi connectivity index (χ3n) is 2.71. The van der Waals surface area contributed by atoms with Gasteiger partial charge < -0.3 is 16.2 Å². The first-order chi connectivity index (χ1) is 8.56. The van der Waals surface area contributed by atoms with Gasteiger partial charge >= 0.3 is 5.97 Å². The Labute approximate surface area is 106 Å². The maximum absolute atomic E-state index is 11.8. The third-order valence-corrected chi connectivity index (χ3v) is 2.71. The second-order valence-electron chi connectivity index (χ2n) is 4.17. The summed E-state index contributed by atoms with van der Waals surface area (Å²) in [5.74, 6) is -1.66. The molecule has 2 unspecified atom stereocenters. The molecule has 0 aliphatic carbocycles. The van der Waals surface area contributed by atoms with Gasteiger partial charge in [0.05, 0.1) is 0 Å². The van der Waals surface area contributed by atoms with Gasteiger partial charge in [0.1, 0.15) is 0 Å². The molecule has 0 saturated heterocycles. The average Bonchev–Trinajstić information content (AvgIpc) is 2.36. The first-order valence-corrected chi connectivity index (χ1v) is 5.84. The van der Waals surface area contributed by atoms with Crippen molar-refractivity contribution in [1.82, 2.24) is 5.32 Å². The predicted molar refractivity (Wildman–Crippen MR) is 67.8 cm³/mol. The highest BCUT2D eigenvalue weighted by Crippen LogP contribution is 2.14. The number of carboxylic acids is 1. The van der Waals surface area contributed by atoms with Gasteiger partial charge in [0, 0.05) is 5.92 Å². The van der Waals surface area contributed by atoms with Gasteiger partial charge in [-0.05, 0) is 18.5 Å². The van der Waals surface area contributed by atoms with Crippen molar-refractivity contribution in [2.24, 2.45) is 11.7 Å². The van der Waals surface area contributed by atoms with E-state index in [9.17, 15) is 9.59 Å². The second-order valence-corrected chi connectivity index (χ2v) is 4.17. The lowest BCUT2D eigenvalue weighted by atomic mass is 10.0. The average molecular weight is 250 g/mol. The number of nitrogens with two attached hydrogens (primary N) is 1. The Morgan fingerprint density at radius 3 is 2.44 bits per heavy atom. The number of benzene rings is 1. The predicted octanol–water partition coefficient (Wildman–Crippen LogP) is 0.913. The fraction of sp³-hybridized carbons (Fsp3) is 0.385. The second kappa shape index (κ2) is 6.76. The molecule has 5 nitrogen and oxygen atoms in total. The van der Waals surface area contributed by atoms with Crippen LogP contribution in [0, 0.1) is 5.92 Å². The van der Waals surface area contributed by atoms with Gasteiger partial charge in [-0.1, -0.05) is 37.3 Å². The molecule has 1 amide bonds. The van der Waals surface area contributed by atoms with Crippen LogP contribution in [0.1, 0.15) is 24.9 Å². The number of carbonyl (C=O) groups is 2. The summed E-state index contributed by atoms with van der Waals surface area (Å²) >= 11 is 0. The van der Waals surface area contributed by atoms with Crippen LogP contribution in [-0.2, 0) is 9.59 Å². The Morgan fingerprint density at radius 1 is 1.33 bits per heavy atom. The van der Waals surface area contributed by atoms with Crippen molar-refractivity contribution < 1.29 is 14.7 Å². The lowest BCUT2D eigenvalue weighted by Crippen LogP contribution is -2.37.